The van der Waals surface area contributed by atoms with E-state index in [1.807, 2.05) is 56.6 Å². The first-order valence-electron chi connectivity index (χ1n) is 7.36. The average molecular weight is 377 g/mol. The summed E-state index contributed by atoms with van der Waals surface area (Å²) in [4.78, 5) is 14.4. The number of hydrogen-bond acceptors (Lipinski definition) is 3. The molecule has 2 rings (SSSR count). The summed E-state index contributed by atoms with van der Waals surface area (Å²) in [6.07, 6.45) is 0. The SMILES string of the molecule is COc1ccc(C(CNC(=O)c2ccccc2Br)N(C)C)cc1. The van der Waals surface area contributed by atoms with Gasteiger partial charge in [-0.1, -0.05) is 24.3 Å². The van der Waals surface area contributed by atoms with Crippen molar-refractivity contribution in [2.75, 3.05) is 27.7 Å². The average Bonchev–Trinajstić information content (AvgIpc) is 2.55. The third kappa shape index (κ3) is 4.56. The number of nitrogens with one attached hydrogen (secondary N) is 1. The lowest BCUT2D eigenvalue weighted by Gasteiger charge is -2.25. The summed E-state index contributed by atoms with van der Waals surface area (Å²) in [6.45, 7) is 0.527. The molecular weight excluding hydrogens is 356 g/mol. The number of likely N-dealkylation sites (N-methyl/N-ethyl adjacent to an activating group) is 1. The third-order valence-corrected chi connectivity index (χ3v) is 4.39. The maximum atomic E-state index is 12.3. The summed E-state index contributed by atoms with van der Waals surface area (Å²) in [5.74, 6) is 0.737. The summed E-state index contributed by atoms with van der Waals surface area (Å²) in [5.41, 5.74) is 1.77. The minimum absolute atomic E-state index is 0.0853. The van der Waals surface area contributed by atoms with Crippen LogP contribution in [0.4, 0.5) is 0 Å². The second-order valence-electron chi connectivity index (χ2n) is 5.44. The zero-order valence-electron chi connectivity index (χ0n) is 13.5. The Bertz CT molecular complexity index is 656. The quantitative estimate of drug-likeness (QED) is 0.838. The van der Waals surface area contributed by atoms with Crippen LogP contribution in [0.25, 0.3) is 0 Å². The monoisotopic (exact) mass is 376 g/mol. The molecule has 2 aromatic carbocycles. The molecular formula is C18H21BrN2O2. The molecule has 0 aliphatic rings. The lowest BCUT2D eigenvalue weighted by Crippen LogP contribution is -2.34. The van der Waals surface area contributed by atoms with Gasteiger partial charge in [-0.05, 0) is 59.9 Å². The van der Waals surface area contributed by atoms with Crippen LogP contribution in [-0.4, -0.2) is 38.6 Å². The van der Waals surface area contributed by atoms with Crippen LogP contribution in [-0.2, 0) is 0 Å². The Labute approximate surface area is 145 Å². The summed E-state index contributed by atoms with van der Waals surface area (Å²) in [5, 5.41) is 3.01. The van der Waals surface area contributed by atoms with E-state index in [0.717, 1.165) is 15.8 Å². The Balaban J connectivity index is 2.08. The molecule has 2 aromatic rings. The highest BCUT2D eigenvalue weighted by atomic mass is 79.9. The Morgan fingerprint density at radius 2 is 1.83 bits per heavy atom. The molecule has 0 spiro atoms. The van der Waals surface area contributed by atoms with Gasteiger partial charge in [0, 0.05) is 11.0 Å². The van der Waals surface area contributed by atoms with Crippen molar-refractivity contribution in [2.45, 2.75) is 6.04 Å². The molecule has 0 saturated carbocycles. The maximum absolute atomic E-state index is 12.3. The summed E-state index contributed by atoms with van der Waals surface area (Å²) in [6, 6.07) is 15.4. The highest BCUT2D eigenvalue weighted by molar-refractivity contribution is 9.10. The van der Waals surface area contributed by atoms with Crippen LogP contribution in [0.1, 0.15) is 22.0 Å². The van der Waals surface area contributed by atoms with Gasteiger partial charge in [-0.3, -0.25) is 4.79 Å². The van der Waals surface area contributed by atoms with Gasteiger partial charge in [-0.25, -0.2) is 0 Å². The predicted octanol–water partition coefficient (Wildman–Crippen LogP) is 3.49. The van der Waals surface area contributed by atoms with Gasteiger partial charge in [0.25, 0.3) is 5.91 Å². The Morgan fingerprint density at radius 3 is 2.39 bits per heavy atom. The number of halogens is 1. The van der Waals surface area contributed by atoms with Crippen molar-refractivity contribution in [2.24, 2.45) is 0 Å². The number of benzene rings is 2. The largest absolute Gasteiger partial charge is 0.497 e. The standard InChI is InChI=1S/C18H21BrN2O2/c1-21(2)17(13-8-10-14(23-3)11-9-13)12-20-18(22)15-6-4-5-7-16(15)19/h4-11,17H,12H2,1-3H3,(H,20,22). The Kier molecular flexibility index (Phi) is 6.19. The van der Waals surface area contributed by atoms with Crippen molar-refractivity contribution in [3.63, 3.8) is 0 Å². The summed E-state index contributed by atoms with van der Waals surface area (Å²) < 4.78 is 5.98. The molecule has 0 aliphatic carbocycles. The number of methoxy groups -OCH3 is 1. The molecule has 0 heterocycles. The van der Waals surface area contributed by atoms with Gasteiger partial charge in [0.05, 0.1) is 18.7 Å². The summed E-state index contributed by atoms with van der Waals surface area (Å²) >= 11 is 3.41. The maximum Gasteiger partial charge on any atom is 0.252 e. The van der Waals surface area contributed by atoms with E-state index in [2.05, 4.69) is 26.1 Å². The third-order valence-electron chi connectivity index (χ3n) is 3.70. The number of amides is 1. The number of carbonyl (C=O) groups is 1. The molecule has 0 saturated heterocycles. The molecule has 4 nitrogen and oxygen atoms in total. The van der Waals surface area contributed by atoms with E-state index in [0.29, 0.717) is 12.1 Å². The van der Waals surface area contributed by atoms with Crippen molar-refractivity contribution in [3.8, 4) is 5.75 Å². The van der Waals surface area contributed by atoms with Gasteiger partial charge < -0.3 is 15.0 Å². The fourth-order valence-corrected chi connectivity index (χ4v) is 2.82. The zero-order valence-corrected chi connectivity index (χ0v) is 15.1. The van der Waals surface area contributed by atoms with Gasteiger partial charge in [0.15, 0.2) is 0 Å². The van der Waals surface area contributed by atoms with Crippen LogP contribution in [0.3, 0.4) is 0 Å². The van der Waals surface area contributed by atoms with Crippen molar-refractivity contribution in [1.82, 2.24) is 10.2 Å². The smallest absolute Gasteiger partial charge is 0.252 e. The highest BCUT2D eigenvalue weighted by Crippen LogP contribution is 2.21. The minimum Gasteiger partial charge on any atom is -0.497 e. The molecule has 5 heteroatoms. The Morgan fingerprint density at radius 1 is 1.17 bits per heavy atom. The van der Waals surface area contributed by atoms with Crippen molar-refractivity contribution >= 4 is 21.8 Å². The molecule has 0 bridgehead atoms. The first kappa shape index (κ1) is 17.5. The number of ether oxygens (including phenoxy) is 1. The molecule has 1 atom stereocenters. The van der Waals surface area contributed by atoms with Crippen LogP contribution in [0.15, 0.2) is 53.0 Å². The molecule has 122 valence electrons. The number of nitrogens with zero attached hydrogens (tertiary/aromatic N) is 1. The fraction of sp³-hybridized carbons (Fsp3) is 0.278. The van der Waals surface area contributed by atoms with Crippen LogP contribution in [0, 0.1) is 0 Å². The van der Waals surface area contributed by atoms with Crippen LogP contribution in [0.5, 0.6) is 5.75 Å². The Hall–Kier alpha value is -1.85. The second kappa shape index (κ2) is 8.13. The molecule has 0 fully saturated rings. The van der Waals surface area contributed by atoms with E-state index in [1.54, 1.807) is 13.2 Å². The van der Waals surface area contributed by atoms with Crippen LogP contribution >= 0.6 is 15.9 Å². The molecule has 0 radical (unpaired) electrons. The van der Waals surface area contributed by atoms with Crippen molar-refractivity contribution in [3.05, 3.63) is 64.1 Å². The van der Waals surface area contributed by atoms with Gasteiger partial charge in [0.1, 0.15) is 5.75 Å². The number of rotatable bonds is 6. The first-order chi connectivity index (χ1) is 11.0. The van der Waals surface area contributed by atoms with Gasteiger partial charge in [-0.2, -0.15) is 0 Å². The van der Waals surface area contributed by atoms with E-state index < -0.39 is 0 Å². The van der Waals surface area contributed by atoms with Gasteiger partial charge in [0.2, 0.25) is 0 Å². The minimum atomic E-state index is -0.0853. The van der Waals surface area contributed by atoms with Crippen molar-refractivity contribution < 1.29 is 9.53 Å². The van der Waals surface area contributed by atoms with E-state index in [4.69, 9.17) is 4.74 Å². The van der Waals surface area contributed by atoms with Crippen LogP contribution < -0.4 is 10.1 Å². The van der Waals surface area contributed by atoms with E-state index in [9.17, 15) is 4.79 Å². The van der Waals surface area contributed by atoms with Gasteiger partial charge >= 0.3 is 0 Å². The van der Waals surface area contributed by atoms with E-state index in [-0.39, 0.29) is 11.9 Å². The lowest BCUT2D eigenvalue weighted by atomic mass is 10.1. The second-order valence-corrected chi connectivity index (χ2v) is 6.30. The van der Waals surface area contributed by atoms with E-state index in [1.165, 1.54) is 0 Å². The van der Waals surface area contributed by atoms with Gasteiger partial charge in [-0.15, -0.1) is 0 Å². The molecule has 1 unspecified atom stereocenters. The predicted molar refractivity (Wildman–Crippen MR) is 95.9 cm³/mol. The lowest BCUT2D eigenvalue weighted by molar-refractivity contribution is 0.0941. The molecule has 23 heavy (non-hydrogen) atoms. The zero-order chi connectivity index (χ0) is 16.8. The fourth-order valence-electron chi connectivity index (χ4n) is 2.35. The first-order valence-corrected chi connectivity index (χ1v) is 8.15. The molecule has 1 N–H and O–H groups in total. The number of hydrogen-bond donors (Lipinski definition) is 1. The van der Waals surface area contributed by atoms with Crippen molar-refractivity contribution in [1.29, 1.82) is 0 Å². The van der Waals surface area contributed by atoms with Crippen LogP contribution in [0.2, 0.25) is 0 Å². The normalized spacial score (nSPS) is 12.0. The molecule has 0 aliphatic heterocycles. The molecule has 0 aromatic heterocycles. The highest BCUT2D eigenvalue weighted by Gasteiger charge is 2.17. The molecule has 1 amide bonds. The summed E-state index contributed by atoms with van der Waals surface area (Å²) in [7, 11) is 5.65. The van der Waals surface area contributed by atoms with E-state index >= 15 is 0 Å². The topological polar surface area (TPSA) is 41.6 Å². The number of carbonyl (C=O) groups excluding carboxylic acids is 1.